The largest absolute Gasteiger partial charge is 0.387 e. The summed E-state index contributed by atoms with van der Waals surface area (Å²) in [5.41, 5.74) is 7.79. The highest BCUT2D eigenvalue weighted by Gasteiger charge is 2.25. The first-order valence-corrected chi connectivity index (χ1v) is 10.9. The van der Waals surface area contributed by atoms with E-state index in [2.05, 4.69) is 93.4 Å². The molecule has 154 valence electrons. The zero-order valence-corrected chi connectivity index (χ0v) is 19.0. The standard InChI is InChI=1S/C26H31N.C2H6/c1-6-19-17-22(26(2,3)4)18-23(25(19)27-5)24(20-13-9-7-10-14-20)21-15-11-8-12-16-21;1-2/h6-7,9-11,13-18,24,27H,1,8,12H2,2-5H3;1-2H3. The van der Waals surface area contributed by atoms with E-state index in [9.17, 15) is 0 Å². The molecule has 1 N–H and O–H groups in total. The molecule has 0 amide bonds. The van der Waals surface area contributed by atoms with Crippen LogP contribution in [0.3, 0.4) is 0 Å². The molecule has 3 rings (SSSR count). The van der Waals surface area contributed by atoms with Crippen molar-refractivity contribution in [3.05, 3.63) is 95.1 Å². The van der Waals surface area contributed by atoms with Crippen LogP contribution in [0.2, 0.25) is 0 Å². The van der Waals surface area contributed by atoms with Gasteiger partial charge in [0.15, 0.2) is 0 Å². The molecule has 0 bridgehead atoms. The van der Waals surface area contributed by atoms with Crippen LogP contribution in [-0.4, -0.2) is 7.05 Å². The van der Waals surface area contributed by atoms with Crippen molar-refractivity contribution < 1.29 is 0 Å². The number of anilines is 1. The predicted molar refractivity (Wildman–Crippen MR) is 131 cm³/mol. The topological polar surface area (TPSA) is 12.0 Å². The third kappa shape index (κ3) is 5.29. The number of rotatable bonds is 5. The van der Waals surface area contributed by atoms with Gasteiger partial charge in [0.2, 0.25) is 0 Å². The van der Waals surface area contributed by atoms with Crippen LogP contribution in [0, 0.1) is 0 Å². The normalized spacial score (nSPS) is 14.3. The molecule has 0 aromatic heterocycles. The van der Waals surface area contributed by atoms with E-state index in [0.717, 1.165) is 12.8 Å². The number of hydrogen-bond donors (Lipinski definition) is 1. The lowest BCUT2D eigenvalue weighted by atomic mass is 9.77. The van der Waals surface area contributed by atoms with E-state index in [1.807, 2.05) is 27.0 Å². The second kappa shape index (κ2) is 10.3. The molecule has 2 aromatic rings. The Balaban J connectivity index is 0.00000145. The summed E-state index contributed by atoms with van der Waals surface area (Å²) in [5, 5.41) is 3.46. The Hall–Kier alpha value is -2.54. The zero-order chi connectivity index (χ0) is 21.4. The summed E-state index contributed by atoms with van der Waals surface area (Å²) in [6.07, 6.45) is 11.2. The first-order valence-electron chi connectivity index (χ1n) is 10.9. The molecule has 0 spiro atoms. The molecule has 0 saturated carbocycles. The van der Waals surface area contributed by atoms with Crippen molar-refractivity contribution in [3.63, 3.8) is 0 Å². The van der Waals surface area contributed by atoms with Crippen molar-refractivity contribution >= 4 is 11.8 Å². The van der Waals surface area contributed by atoms with Gasteiger partial charge in [-0.2, -0.15) is 0 Å². The van der Waals surface area contributed by atoms with E-state index in [0.29, 0.717) is 0 Å². The molecule has 0 fully saturated rings. The van der Waals surface area contributed by atoms with Gasteiger partial charge in [-0.1, -0.05) is 102 Å². The van der Waals surface area contributed by atoms with Crippen LogP contribution in [-0.2, 0) is 5.41 Å². The maximum Gasteiger partial charge on any atom is 0.0453 e. The first kappa shape index (κ1) is 22.7. The van der Waals surface area contributed by atoms with Gasteiger partial charge in [0, 0.05) is 18.7 Å². The summed E-state index contributed by atoms with van der Waals surface area (Å²) in [7, 11) is 2.01. The number of benzene rings is 2. The van der Waals surface area contributed by atoms with E-state index < -0.39 is 0 Å². The molecule has 2 aromatic carbocycles. The van der Waals surface area contributed by atoms with E-state index in [1.54, 1.807) is 0 Å². The molecule has 1 aliphatic rings. The van der Waals surface area contributed by atoms with Crippen molar-refractivity contribution in [2.24, 2.45) is 0 Å². The summed E-state index contributed by atoms with van der Waals surface area (Å²) < 4.78 is 0. The minimum Gasteiger partial charge on any atom is -0.387 e. The summed E-state index contributed by atoms with van der Waals surface area (Å²) in [4.78, 5) is 0. The van der Waals surface area contributed by atoms with Crippen LogP contribution in [0.25, 0.3) is 6.08 Å². The van der Waals surface area contributed by atoms with Crippen LogP contribution < -0.4 is 5.32 Å². The van der Waals surface area contributed by atoms with Gasteiger partial charge < -0.3 is 5.32 Å². The highest BCUT2D eigenvalue weighted by molar-refractivity contribution is 5.73. The zero-order valence-electron chi connectivity index (χ0n) is 19.0. The van der Waals surface area contributed by atoms with Gasteiger partial charge in [-0.25, -0.2) is 0 Å². The number of nitrogens with one attached hydrogen (secondary N) is 1. The lowest BCUT2D eigenvalue weighted by Gasteiger charge is -2.28. The minimum atomic E-state index is 0.0802. The lowest BCUT2D eigenvalue weighted by molar-refractivity contribution is 0.589. The minimum absolute atomic E-state index is 0.0802. The molecular formula is C28H37N. The first-order chi connectivity index (χ1) is 14.0. The number of allylic oxidation sites excluding steroid dienone is 4. The van der Waals surface area contributed by atoms with Gasteiger partial charge in [-0.3, -0.25) is 0 Å². The maximum atomic E-state index is 4.08. The predicted octanol–water partition coefficient (Wildman–Crippen LogP) is 8.10. The van der Waals surface area contributed by atoms with Gasteiger partial charge in [0.05, 0.1) is 0 Å². The van der Waals surface area contributed by atoms with E-state index in [4.69, 9.17) is 0 Å². The molecule has 0 radical (unpaired) electrons. The average Bonchev–Trinajstić information content (AvgIpc) is 2.75. The Kier molecular flexibility index (Phi) is 8.08. The molecule has 29 heavy (non-hydrogen) atoms. The Morgan fingerprint density at radius 3 is 2.24 bits per heavy atom. The fraction of sp³-hybridized carbons (Fsp3) is 0.357. The van der Waals surface area contributed by atoms with Crippen LogP contribution >= 0.6 is 0 Å². The third-order valence-electron chi connectivity index (χ3n) is 5.34. The van der Waals surface area contributed by atoms with Crippen molar-refractivity contribution in [3.8, 4) is 0 Å². The smallest absolute Gasteiger partial charge is 0.0453 e. The molecule has 0 heterocycles. The van der Waals surface area contributed by atoms with Crippen molar-refractivity contribution in [1.82, 2.24) is 0 Å². The monoisotopic (exact) mass is 387 g/mol. The van der Waals surface area contributed by atoms with Gasteiger partial charge >= 0.3 is 0 Å². The molecule has 1 atom stereocenters. The van der Waals surface area contributed by atoms with Crippen molar-refractivity contribution in [2.75, 3.05) is 12.4 Å². The summed E-state index contributed by atoms with van der Waals surface area (Å²) in [6.45, 7) is 14.9. The fourth-order valence-corrected chi connectivity index (χ4v) is 3.84. The SMILES string of the molecule is C=Cc1cc(C(C)(C)C)cc(C(C2=CCCC=C2)c2ccccc2)c1NC.CC. The number of hydrogen-bond acceptors (Lipinski definition) is 1. The average molecular weight is 388 g/mol. The summed E-state index contributed by atoms with van der Waals surface area (Å²) >= 11 is 0. The Morgan fingerprint density at radius 2 is 1.72 bits per heavy atom. The van der Waals surface area contributed by atoms with E-state index in [1.165, 1.54) is 33.5 Å². The van der Waals surface area contributed by atoms with Crippen molar-refractivity contribution in [2.45, 2.75) is 58.8 Å². The Labute approximate surface area is 178 Å². The molecule has 0 saturated heterocycles. The van der Waals surface area contributed by atoms with E-state index in [-0.39, 0.29) is 11.3 Å². The quantitative estimate of drug-likeness (QED) is 0.546. The van der Waals surface area contributed by atoms with Crippen LogP contribution in [0.4, 0.5) is 5.69 Å². The molecule has 1 nitrogen and oxygen atoms in total. The Bertz CT molecular complexity index is 863. The van der Waals surface area contributed by atoms with Crippen LogP contribution in [0.15, 0.2) is 72.8 Å². The second-order valence-corrected chi connectivity index (χ2v) is 8.26. The molecular weight excluding hydrogens is 350 g/mol. The van der Waals surface area contributed by atoms with Crippen molar-refractivity contribution in [1.29, 1.82) is 0 Å². The highest BCUT2D eigenvalue weighted by Crippen LogP contribution is 2.42. The highest BCUT2D eigenvalue weighted by atomic mass is 14.8. The van der Waals surface area contributed by atoms with Gasteiger partial charge in [-0.15, -0.1) is 0 Å². The van der Waals surface area contributed by atoms with Gasteiger partial charge in [0.1, 0.15) is 0 Å². The third-order valence-corrected chi connectivity index (χ3v) is 5.34. The Morgan fingerprint density at radius 1 is 1.03 bits per heavy atom. The van der Waals surface area contributed by atoms with Gasteiger partial charge in [-0.05, 0) is 52.1 Å². The maximum absolute atomic E-state index is 4.08. The molecule has 0 aliphatic heterocycles. The van der Waals surface area contributed by atoms with Crippen LogP contribution in [0.5, 0.6) is 0 Å². The molecule has 1 unspecified atom stereocenters. The van der Waals surface area contributed by atoms with E-state index >= 15 is 0 Å². The summed E-state index contributed by atoms with van der Waals surface area (Å²) in [6, 6.07) is 15.5. The fourth-order valence-electron chi connectivity index (χ4n) is 3.84. The molecule has 1 heteroatoms. The van der Waals surface area contributed by atoms with Crippen LogP contribution in [0.1, 0.15) is 75.6 Å². The lowest BCUT2D eigenvalue weighted by Crippen LogP contribution is -2.15. The second-order valence-electron chi connectivity index (χ2n) is 8.26. The summed E-state index contributed by atoms with van der Waals surface area (Å²) in [5.74, 6) is 0.214. The van der Waals surface area contributed by atoms with Gasteiger partial charge in [0.25, 0.3) is 0 Å². The molecule has 1 aliphatic carbocycles.